The van der Waals surface area contributed by atoms with Gasteiger partial charge in [0.25, 0.3) is 5.91 Å². The van der Waals surface area contributed by atoms with Crippen LogP contribution in [0.4, 0.5) is 0 Å². The summed E-state index contributed by atoms with van der Waals surface area (Å²) < 4.78 is 0. The van der Waals surface area contributed by atoms with Crippen LogP contribution in [0, 0.1) is 0 Å². The average molecular weight is 185 g/mol. The zero-order valence-corrected chi connectivity index (χ0v) is 7.36. The third-order valence-electron chi connectivity index (χ3n) is 2.78. The van der Waals surface area contributed by atoms with Gasteiger partial charge in [-0.15, -0.1) is 0 Å². The molecule has 1 heterocycles. The Bertz CT molecular complexity index is 488. The van der Waals surface area contributed by atoms with Crippen LogP contribution in [0.15, 0.2) is 29.3 Å². The van der Waals surface area contributed by atoms with E-state index in [0.29, 0.717) is 17.7 Å². The first kappa shape index (κ1) is 7.62. The van der Waals surface area contributed by atoms with Gasteiger partial charge < -0.3 is 0 Å². The molecule has 14 heavy (non-hydrogen) atoms. The minimum Gasteiger partial charge on any atom is -0.287 e. The summed E-state index contributed by atoms with van der Waals surface area (Å²) in [6.45, 7) is 0. The summed E-state index contributed by atoms with van der Waals surface area (Å²) in [6, 6.07) is 7.26. The average Bonchev–Trinajstić information content (AvgIpc) is 2.55. The number of fused-ring (bicyclic) bond motifs is 4. The fourth-order valence-electron chi connectivity index (χ4n) is 2.09. The molecule has 0 spiro atoms. The third kappa shape index (κ3) is 0.789. The zero-order valence-electron chi connectivity index (χ0n) is 7.36. The third-order valence-corrected chi connectivity index (χ3v) is 2.78. The molecule has 0 radical (unpaired) electrons. The van der Waals surface area contributed by atoms with E-state index < -0.39 is 0 Å². The number of hydrogen-bond donors (Lipinski definition) is 0. The highest BCUT2D eigenvalue weighted by molar-refractivity contribution is 6.50. The summed E-state index contributed by atoms with van der Waals surface area (Å²) >= 11 is 0. The van der Waals surface area contributed by atoms with E-state index in [-0.39, 0.29) is 17.6 Å². The van der Waals surface area contributed by atoms with Crippen molar-refractivity contribution in [1.82, 2.24) is 0 Å². The van der Waals surface area contributed by atoms with Crippen LogP contribution < -0.4 is 0 Å². The molecule has 1 atom stereocenters. The van der Waals surface area contributed by atoms with E-state index in [1.54, 1.807) is 6.07 Å². The molecule has 2 bridgehead atoms. The lowest BCUT2D eigenvalue weighted by Crippen LogP contribution is -2.21. The van der Waals surface area contributed by atoms with Gasteiger partial charge in [0, 0.05) is 12.0 Å². The molecular formula is C11H7NO2. The van der Waals surface area contributed by atoms with Gasteiger partial charge in [0.2, 0.25) is 5.78 Å². The predicted octanol–water partition coefficient (Wildman–Crippen LogP) is 1.34. The number of hydrogen-bond acceptors (Lipinski definition) is 2. The largest absolute Gasteiger partial charge is 0.287 e. The van der Waals surface area contributed by atoms with Crippen LogP contribution in [0.2, 0.25) is 0 Å². The molecule has 0 saturated heterocycles. The Morgan fingerprint density at radius 1 is 1.21 bits per heavy atom. The predicted molar refractivity (Wildman–Crippen MR) is 50.6 cm³/mol. The molecule has 1 amide bonds. The van der Waals surface area contributed by atoms with E-state index in [9.17, 15) is 9.59 Å². The van der Waals surface area contributed by atoms with Crippen molar-refractivity contribution in [3.8, 4) is 0 Å². The molecule has 1 aliphatic carbocycles. The first-order valence-electron chi connectivity index (χ1n) is 4.52. The molecule has 1 aromatic rings. The topological polar surface area (TPSA) is 46.5 Å². The van der Waals surface area contributed by atoms with Crippen LogP contribution in [0.3, 0.4) is 0 Å². The number of ketones is 1. The van der Waals surface area contributed by atoms with Crippen LogP contribution in [0.1, 0.15) is 28.3 Å². The highest BCUT2D eigenvalue weighted by Crippen LogP contribution is 2.35. The highest BCUT2D eigenvalue weighted by Gasteiger charge is 2.39. The van der Waals surface area contributed by atoms with Crippen molar-refractivity contribution < 1.29 is 9.59 Å². The van der Waals surface area contributed by atoms with E-state index >= 15 is 0 Å². The van der Waals surface area contributed by atoms with Crippen molar-refractivity contribution in [2.24, 2.45) is 4.99 Å². The minimum atomic E-state index is -0.195. The van der Waals surface area contributed by atoms with Gasteiger partial charge in [-0.1, -0.05) is 24.3 Å². The first-order valence-corrected chi connectivity index (χ1v) is 4.52. The van der Waals surface area contributed by atoms with E-state index in [0.717, 1.165) is 5.56 Å². The van der Waals surface area contributed by atoms with E-state index in [4.69, 9.17) is 0 Å². The molecule has 1 aromatic carbocycles. The quantitative estimate of drug-likeness (QED) is 0.612. The van der Waals surface area contributed by atoms with Crippen molar-refractivity contribution in [3.05, 3.63) is 35.4 Å². The second-order valence-electron chi connectivity index (χ2n) is 3.57. The maximum atomic E-state index is 11.7. The smallest absolute Gasteiger partial charge is 0.253 e. The molecule has 3 nitrogen and oxygen atoms in total. The highest BCUT2D eigenvalue weighted by atomic mass is 16.2. The fraction of sp³-hybridized carbons (Fsp3) is 0.182. The summed E-state index contributed by atoms with van der Waals surface area (Å²) in [5.74, 6) is -0.445. The summed E-state index contributed by atoms with van der Waals surface area (Å²) in [4.78, 5) is 26.9. The van der Waals surface area contributed by atoms with Crippen molar-refractivity contribution in [2.45, 2.75) is 12.3 Å². The van der Waals surface area contributed by atoms with Gasteiger partial charge in [0.1, 0.15) is 0 Å². The zero-order chi connectivity index (χ0) is 9.71. The van der Waals surface area contributed by atoms with Gasteiger partial charge in [0.05, 0.1) is 11.6 Å². The van der Waals surface area contributed by atoms with Crippen molar-refractivity contribution in [3.63, 3.8) is 0 Å². The molecule has 0 saturated carbocycles. The number of carbonyl (C=O) groups excluding carboxylic acids is 2. The molecular weight excluding hydrogens is 178 g/mol. The summed E-state index contributed by atoms with van der Waals surface area (Å²) in [5, 5.41) is 0. The molecule has 3 heteroatoms. The number of carbonyl (C=O) groups is 2. The van der Waals surface area contributed by atoms with Crippen molar-refractivity contribution in [2.75, 3.05) is 0 Å². The Morgan fingerprint density at radius 3 is 2.86 bits per heavy atom. The van der Waals surface area contributed by atoms with Crippen molar-refractivity contribution in [1.29, 1.82) is 0 Å². The van der Waals surface area contributed by atoms with Crippen LogP contribution >= 0.6 is 0 Å². The van der Waals surface area contributed by atoms with Crippen LogP contribution in [0.5, 0.6) is 0 Å². The molecule has 0 N–H and O–H groups in total. The maximum absolute atomic E-state index is 11.7. The van der Waals surface area contributed by atoms with Crippen molar-refractivity contribution >= 4 is 17.4 Å². The number of benzene rings is 1. The molecule has 1 unspecified atom stereocenters. The number of Topliss-reactive ketones (excluding diaryl/α,β-unsaturated/α-hetero) is 1. The Morgan fingerprint density at radius 2 is 2.00 bits per heavy atom. The maximum Gasteiger partial charge on any atom is 0.253 e. The van der Waals surface area contributed by atoms with Gasteiger partial charge in [0.15, 0.2) is 0 Å². The van der Waals surface area contributed by atoms with Gasteiger partial charge >= 0.3 is 0 Å². The van der Waals surface area contributed by atoms with Crippen LogP contribution in [-0.4, -0.2) is 17.4 Å². The first-order chi connectivity index (χ1) is 6.77. The molecule has 1 aliphatic heterocycles. The standard InChI is InChI=1S/C11H7NO2/c13-10-7-4-2-1-3-6(7)8-5-9(10)12-11(8)14/h1-4,8H,5H2. The number of rotatable bonds is 0. The van der Waals surface area contributed by atoms with Gasteiger partial charge in [-0.05, 0) is 5.56 Å². The lowest BCUT2D eigenvalue weighted by molar-refractivity contribution is -0.118. The van der Waals surface area contributed by atoms with E-state index in [2.05, 4.69) is 4.99 Å². The molecule has 68 valence electrons. The number of aliphatic imine (C=N–C) groups is 1. The van der Waals surface area contributed by atoms with Gasteiger partial charge in [-0.3, -0.25) is 9.59 Å². The number of nitrogens with zero attached hydrogens (tertiary/aromatic N) is 1. The SMILES string of the molecule is O=C1C2=NC(=O)C(C2)c2ccccc21. The monoisotopic (exact) mass is 185 g/mol. The molecule has 0 aromatic heterocycles. The summed E-state index contributed by atoms with van der Waals surface area (Å²) in [6.07, 6.45) is 0.495. The Hall–Kier alpha value is -1.77. The van der Waals surface area contributed by atoms with Crippen LogP contribution in [0.25, 0.3) is 0 Å². The second kappa shape index (κ2) is 2.38. The molecule has 3 rings (SSSR count). The Kier molecular flexibility index (Phi) is 1.29. The molecule has 2 aliphatic rings. The normalized spacial score (nSPS) is 23.4. The summed E-state index contributed by atoms with van der Waals surface area (Å²) in [5.41, 5.74) is 1.92. The lowest BCUT2D eigenvalue weighted by atomic mass is 9.83. The fourth-order valence-corrected chi connectivity index (χ4v) is 2.09. The lowest BCUT2D eigenvalue weighted by Gasteiger charge is -2.16. The van der Waals surface area contributed by atoms with E-state index in [1.165, 1.54) is 0 Å². The second-order valence-corrected chi connectivity index (χ2v) is 3.57. The van der Waals surface area contributed by atoms with E-state index in [1.807, 2.05) is 18.2 Å². The minimum absolute atomic E-state index is 0.0808. The number of amides is 1. The van der Waals surface area contributed by atoms with Gasteiger partial charge in [-0.25, -0.2) is 4.99 Å². The van der Waals surface area contributed by atoms with Gasteiger partial charge in [-0.2, -0.15) is 0 Å². The Balaban J connectivity index is 2.31. The molecule has 0 fully saturated rings. The van der Waals surface area contributed by atoms with Crippen LogP contribution in [-0.2, 0) is 4.79 Å². The Labute approximate surface area is 80.5 Å². The summed E-state index contributed by atoms with van der Waals surface area (Å²) in [7, 11) is 0.